The molecular formula is C24H30N2O3. The number of nitrogens with zero attached hydrogens (tertiary/aromatic N) is 2. The number of esters is 1. The van der Waals surface area contributed by atoms with E-state index in [1.807, 2.05) is 36.4 Å². The molecule has 3 unspecified atom stereocenters. The van der Waals surface area contributed by atoms with Gasteiger partial charge in [0.1, 0.15) is 6.10 Å². The number of amides is 1. The van der Waals surface area contributed by atoms with Gasteiger partial charge in [-0.2, -0.15) is 0 Å². The molecule has 0 radical (unpaired) electrons. The molecule has 5 rings (SSSR count). The topological polar surface area (TPSA) is 49.9 Å². The van der Waals surface area contributed by atoms with Gasteiger partial charge in [0.05, 0.1) is 0 Å². The minimum absolute atomic E-state index is 0.0181. The molecule has 0 aliphatic carbocycles. The summed E-state index contributed by atoms with van der Waals surface area (Å²) in [6.07, 6.45) is 9.32. The second-order valence-corrected chi connectivity index (χ2v) is 9.15. The zero-order valence-corrected chi connectivity index (χ0v) is 16.9. The van der Waals surface area contributed by atoms with E-state index < -0.39 is 0 Å². The molecule has 0 aromatic heterocycles. The minimum atomic E-state index is -0.254. The Balaban J connectivity index is 1.21. The van der Waals surface area contributed by atoms with Crippen LogP contribution in [0.1, 0.15) is 44.1 Å². The first kappa shape index (κ1) is 18.9. The van der Waals surface area contributed by atoms with Crippen LogP contribution in [0, 0.1) is 11.8 Å². The lowest BCUT2D eigenvalue weighted by atomic mass is 9.70. The zero-order chi connectivity index (χ0) is 19.8. The smallest absolute Gasteiger partial charge is 0.331 e. The molecule has 4 heterocycles. The molecule has 0 spiro atoms. The first-order valence-corrected chi connectivity index (χ1v) is 11.1. The zero-order valence-electron chi connectivity index (χ0n) is 16.9. The first-order valence-electron chi connectivity index (χ1n) is 11.1. The largest absolute Gasteiger partial charge is 0.459 e. The van der Waals surface area contributed by atoms with Crippen molar-refractivity contribution >= 4 is 18.0 Å². The van der Waals surface area contributed by atoms with Crippen LogP contribution in [-0.4, -0.2) is 59.5 Å². The summed E-state index contributed by atoms with van der Waals surface area (Å²) >= 11 is 0. The average molecular weight is 395 g/mol. The van der Waals surface area contributed by atoms with Gasteiger partial charge < -0.3 is 9.64 Å². The van der Waals surface area contributed by atoms with Gasteiger partial charge in [-0.3, -0.25) is 9.69 Å². The third kappa shape index (κ3) is 3.85. The highest BCUT2D eigenvalue weighted by Gasteiger charge is 2.49. The molecule has 5 nitrogen and oxygen atoms in total. The van der Waals surface area contributed by atoms with Crippen LogP contribution in [-0.2, 0) is 14.3 Å². The van der Waals surface area contributed by atoms with E-state index in [9.17, 15) is 9.59 Å². The van der Waals surface area contributed by atoms with Crippen LogP contribution in [0.15, 0.2) is 36.4 Å². The Bertz CT molecular complexity index is 793. The van der Waals surface area contributed by atoms with Crippen LogP contribution in [0.3, 0.4) is 0 Å². The lowest BCUT2D eigenvalue weighted by Gasteiger charge is -2.57. The Morgan fingerprint density at radius 3 is 2.72 bits per heavy atom. The van der Waals surface area contributed by atoms with Crippen LogP contribution in [0.2, 0.25) is 0 Å². The molecule has 4 aliphatic rings. The summed E-state index contributed by atoms with van der Waals surface area (Å²) in [6, 6.07) is 10.7. The molecule has 2 bridgehead atoms. The molecular weight excluding hydrogens is 364 g/mol. The lowest BCUT2D eigenvalue weighted by Crippen LogP contribution is -2.65. The van der Waals surface area contributed by atoms with Crippen LogP contribution in [0.4, 0.5) is 0 Å². The molecule has 1 aromatic carbocycles. The van der Waals surface area contributed by atoms with Crippen molar-refractivity contribution in [3.05, 3.63) is 42.0 Å². The standard InChI is InChI=1S/C24H30N2O3/c27-23-8-4-7-21-18-13-19(16-26(21)23)22-14-20(11-12-25(22)15-18)29-24(28)10-9-17-5-2-1-3-6-17/h1-3,5-6,9-10,18-22H,4,7-8,11-16H2/b10-9+/t18?,19?,20?,21-,22+/m0/s1. The fourth-order valence-electron chi connectivity index (χ4n) is 6.09. The third-order valence-corrected chi connectivity index (χ3v) is 7.41. The number of rotatable bonds is 3. The Hall–Kier alpha value is -2.14. The van der Waals surface area contributed by atoms with Crippen molar-refractivity contribution in [2.75, 3.05) is 19.6 Å². The lowest BCUT2D eigenvalue weighted by molar-refractivity contribution is -0.155. The Labute approximate surface area is 172 Å². The van der Waals surface area contributed by atoms with E-state index in [1.54, 1.807) is 0 Å². The molecule has 5 heteroatoms. The van der Waals surface area contributed by atoms with Gasteiger partial charge in [-0.25, -0.2) is 4.79 Å². The summed E-state index contributed by atoms with van der Waals surface area (Å²) in [7, 11) is 0. The summed E-state index contributed by atoms with van der Waals surface area (Å²) in [5.41, 5.74) is 1.00. The Morgan fingerprint density at radius 1 is 1.03 bits per heavy atom. The van der Waals surface area contributed by atoms with E-state index in [2.05, 4.69) is 9.80 Å². The van der Waals surface area contributed by atoms with Crippen LogP contribution in [0.25, 0.3) is 6.08 Å². The average Bonchev–Trinajstić information content (AvgIpc) is 2.74. The summed E-state index contributed by atoms with van der Waals surface area (Å²) in [5, 5.41) is 0. The van der Waals surface area contributed by atoms with Crippen molar-refractivity contribution in [3.8, 4) is 0 Å². The van der Waals surface area contributed by atoms with E-state index >= 15 is 0 Å². The monoisotopic (exact) mass is 394 g/mol. The van der Waals surface area contributed by atoms with Gasteiger partial charge >= 0.3 is 5.97 Å². The van der Waals surface area contributed by atoms with Crippen molar-refractivity contribution < 1.29 is 14.3 Å². The normalized spacial score (nSPS) is 34.6. The highest BCUT2D eigenvalue weighted by molar-refractivity contribution is 5.87. The molecule has 29 heavy (non-hydrogen) atoms. The van der Waals surface area contributed by atoms with Crippen LogP contribution >= 0.6 is 0 Å². The first-order chi connectivity index (χ1) is 14.2. The molecule has 0 saturated carbocycles. The molecule has 154 valence electrons. The summed E-state index contributed by atoms with van der Waals surface area (Å²) in [6.45, 7) is 3.00. The molecule has 4 aliphatic heterocycles. The van der Waals surface area contributed by atoms with Gasteiger partial charge in [0, 0.05) is 50.6 Å². The van der Waals surface area contributed by atoms with E-state index in [1.165, 1.54) is 18.9 Å². The van der Waals surface area contributed by atoms with Crippen molar-refractivity contribution in [3.63, 3.8) is 0 Å². The van der Waals surface area contributed by atoms with Gasteiger partial charge in [-0.1, -0.05) is 30.3 Å². The van der Waals surface area contributed by atoms with Gasteiger partial charge in [0.15, 0.2) is 0 Å². The summed E-state index contributed by atoms with van der Waals surface area (Å²) < 4.78 is 5.79. The molecule has 5 atom stereocenters. The fraction of sp³-hybridized carbons (Fsp3) is 0.583. The molecule has 1 amide bonds. The Morgan fingerprint density at radius 2 is 1.86 bits per heavy atom. The third-order valence-electron chi connectivity index (χ3n) is 7.41. The van der Waals surface area contributed by atoms with Crippen LogP contribution in [0.5, 0.6) is 0 Å². The predicted octanol–water partition coefficient (Wildman–Crippen LogP) is 3.11. The number of ether oxygens (including phenoxy) is 1. The molecule has 1 aromatic rings. The minimum Gasteiger partial charge on any atom is -0.459 e. The highest BCUT2D eigenvalue weighted by atomic mass is 16.5. The summed E-state index contributed by atoms with van der Waals surface area (Å²) in [5.74, 6) is 1.25. The number of hydrogen-bond acceptors (Lipinski definition) is 4. The molecule has 4 saturated heterocycles. The van der Waals surface area contributed by atoms with Crippen molar-refractivity contribution in [1.82, 2.24) is 9.80 Å². The van der Waals surface area contributed by atoms with E-state index in [0.29, 0.717) is 29.8 Å². The Kier molecular flexibility index (Phi) is 5.17. The maximum atomic E-state index is 12.5. The number of carbonyl (C=O) groups is 2. The second-order valence-electron chi connectivity index (χ2n) is 9.15. The van der Waals surface area contributed by atoms with E-state index in [-0.39, 0.29) is 12.1 Å². The van der Waals surface area contributed by atoms with Gasteiger partial charge in [0.2, 0.25) is 5.91 Å². The molecule has 0 N–H and O–H groups in total. The SMILES string of the molecule is O=C(/C=C/c1ccccc1)OC1CCN2CC3CC(CN4C(=O)CCC[C@@H]34)[C@H]2C1. The van der Waals surface area contributed by atoms with Gasteiger partial charge in [-0.05, 0) is 49.2 Å². The van der Waals surface area contributed by atoms with Crippen molar-refractivity contribution in [2.45, 2.75) is 56.7 Å². The number of carbonyl (C=O) groups excluding carboxylic acids is 2. The number of benzene rings is 1. The number of fused-ring (bicyclic) bond motifs is 6. The fourth-order valence-corrected chi connectivity index (χ4v) is 6.09. The van der Waals surface area contributed by atoms with Gasteiger partial charge in [0.25, 0.3) is 0 Å². The number of piperidine rings is 4. The van der Waals surface area contributed by atoms with Crippen molar-refractivity contribution in [2.24, 2.45) is 11.8 Å². The van der Waals surface area contributed by atoms with E-state index in [4.69, 9.17) is 4.74 Å². The summed E-state index contributed by atoms with van der Waals surface area (Å²) in [4.78, 5) is 29.6. The second kappa shape index (κ2) is 7.94. The quantitative estimate of drug-likeness (QED) is 0.584. The number of hydrogen-bond donors (Lipinski definition) is 0. The van der Waals surface area contributed by atoms with E-state index in [0.717, 1.165) is 50.9 Å². The molecule has 4 fully saturated rings. The maximum Gasteiger partial charge on any atom is 0.331 e. The maximum absolute atomic E-state index is 12.5. The highest BCUT2D eigenvalue weighted by Crippen LogP contribution is 2.43. The van der Waals surface area contributed by atoms with Crippen molar-refractivity contribution in [1.29, 1.82) is 0 Å². The van der Waals surface area contributed by atoms with Crippen LogP contribution < -0.4 is 0 Å². The predicted molar refractivity (Wildman–Crippen MR) is 111 cm³/mol. The van der Waals surface area contributed by atoms with Gasteiger partial charge in [-0.15, -0.1) is 0 Å².